The Kier molecular flexibility index (Phi) is 4.64. The molecule has 0 unspecified atom stereocenters. The molecule has 2 aliphatic carbocycles. The van der Waals surface area contributed by atoms with Crippen LogP contribution in [0.5, 0.6) is 11.5 Å². The van der Waals surface area contributed by atoms with Gasteiger partial charge in [0.05, 0.1) is 19.9 Å². The number of methoxy groups -OCH3 is 2. The molecule has 0 bridgehead atoms. The molecule has 1 aromatic carbocycles. The molecule has 130 valence electrons. The number of rotatable bonds is 6. The van der Waals surface area contributed by atoms with Crippen molar-refractivity contribution in [2.24, 2.45) is 5.41 Å². The maximum atomic E-state index is 12.7. The van der Waals surface area contributed by atoms with E-state index in [1.54, 1.807) is 25.3 Å². The van der Waals surface area contributed by atoms with Gasteiger partial charge in [0.2, 0.25) is 11.8 Å². The van der Waals surface area contributed by atoms with Crippen molar-refractivity contribution >= 4 is 17.5 Å². The highest BCUT2D eigenvalue weighted by Crippen LogP contribution is 2.47. The maximum Gasteiger partial charge on any atom is 0.240 e. The number of ether oxygens (including phenoxy) is 2. The quantitative estimate of drug-likeness (QED) is 0.785. The largest absolute Gasteiger partial charge is 0.497 e. The smallest absolute Gasteiger partial charge is 0.240 e. The molecule has 0 spiro atoms. The average Bonchev–Trinajstić information content (AvgIpc) is 3.27. The molecular weight excluding hydrogens is 308 g/mol. The Hall–Kier alpha value is -2.24. The van der Waals surface area contributed by atoms with E-state index < -0.39 is 5.41 Å². The molecule has 0 aliphatic heterocycles. The fraction of sp³-hybridized carbons (Fsp3) is 0.556. The van der Waals surface area contributed by atoms with Crippen LogP contribution >= 0.6 is 0 Å². The van der Waals surface area contributed by atoms with Crippen molar-refractivity contribution in [1.29, 1.82) is 0 Å². The van der Waals surface area contributed by atoms with Gasteiger partial charge in [0.15, 0.2) is 0 Å². The Bertz CT molecular complexity index is 634. The molecule has 24 heavy (non-hydrogen) atoms. The molecule has 6 nitrogen and oxygen atoms in total. The van der Waals surface area contributed by atoms with Crippen LogP contribution in [-0.2, 0) is 9.59 Å². The molecule has 2 N–H and O–H groups in total. The van der Waals surface area contributed by atoms with Crippen molar-refractivity contribution in [3.8, 4) is 11.5 Å². The van der Waals surface area contributed by atoms with Gasteiger partial charge in [-0.3, -0.25) is 9.59 Å². The van der Waals surface area contributed by atoms with Gasteiger partial charge in [-0.1, -0.05) is 12.8 Å². The van der Waals surface area contributed by atoms with E-state index in [1.807, 2.05) is 0 Å². The van der Waals surface area contributed by atoms with Gasteiger partial charge in [0.1, 0.15) is 16.9 Å². The van der Waals surface area contributed by atoms with Crippen molar-refractivity contribution in [3.63, 3.8) is 0 Å². The van der Waals surface area contributed by atoms with Gasteiger partial charge in [-0.05, 0) is 37.8 Å². The zero-order valence-corrected chi connectivity index (χ0v) is 14.2. The summed E-state index contributed by atoms with van der Waals surface area (Å²) in [5.74, 6) is 0.750. The van der Waals surface area contributed by atoms with Gasteiger partial charge < -0.3 is 20.1 Å². The number of carbonyl (C=O) groups is 2. The van der Waals surface area contributed by atoms with Crippen LogP contribution in [0.25, 0.3) is 0 Å². The molecule has 2 aliphatic rings. The number of hydrogen-bond acceptors (Lipinski definition) is 4. The molecule has 2 saturated carbocycles. The third-order valence-electron chi connectivity index (χ3n) is 4.97. The molecule has 0 radical (unpaired) electrons. The second-order valence-corrected chi connectivity index (χ2v) is 6.56. The van der Waals surface area contributed by atoms with Gasteiger partial charge >= 0.3 is 0 Å². The van der Waals surface area contributed by atoms with Crippen molar-refractivity contribution in [2.45, 2.75) is 44.6 Å². The highest BCUT2D eigenvalue weighted by Gasteiger charge is 2.57. The van der Waals surface area contributed by atoms with Crippen LogP contribution in [0.4, 0.5) is 5.69 Å². The Morgan fingerprint density at radius 3 is 2.38 bits per heavy atom. The van der Waals surface area contributed by atoms with Crippen molar-refractivity contribution in [1.82, 2.24) is 5.32 Å². The fourth-order valence-corrected chi connectivity index (χ4v) is 3.22. The Morgan fingerprint density at radius 2 is 1.79 bits per heavy atom. The van der Waals surface area contributed by atoms with Crippen LogP contribution in [0, 0.1) is 5.41 Å². The standard InChI is InChI=1S/C18H24N2O4/c1-23-13-7-8-14(15(11-13)24-2)20-17(22)18(9-10-18)16(21)19-12-5-3-4-6-12/h7-8,11-12H,3-6,9-10H2,1-2H3,(H,19,21)(H,20,22). The van der Waals surface area contributed by atoms with E-state index in [0.29, 0.717) is 30.0 Å². The topological polar surface area (TPSA) is 76.7 Å². The Labute approximate surface area is 141 Å². The number of nitrogens with one attached hydrogen (secondary N) is 2. The molecule has 0 heterocycles. The lowest BCUT2D eigenvalue weighted by molar-refractivity contribution is -0.134. The predicted octanol–water partition coefficient (Wildman–Crippen LogP) is 2.48. The minimum atomic E-state index is -0.923. The highest BCUT2D eigenvalue weighted by molar-refractivity contribution is 6.13. The van der Waals surface area contributed by atoms with Crippen LogP contribution in [0.3, 0.4) is 0 Å². The van der Waals surface area contributed by atoms with Gasteiger partial charge in [0, 0.05) is 12.1 Å². The minimum Gasteiger partial charge on any atom is -0.497 e. The summed E-state index contributed by atoms with van der Waals surface area (Å²) < 4.78 is 10.4. The van der Waals surface area contributed by atoms with Crippen molar-refractivity contribution in [2.75, 3.05) is 19.5 Å². The summed E-state index contributed by atoms with van der Waals surface area (Å²) in [7, 11) is 3.10. The fourth-order valence-electron chi connectivity index (χ4n) is 3.22. The number of anilines is 1. The van der Waals surface area contributed by atoms with Gasteiger partial charge in [0.25, 0.3) is 0 Å². The van der Waals surface area contributed by atoms with Crippen molar-refractivity contribution < 1.29 is 19.1 Å². The molecular formula is C18H24N2O4. The third-order valence-corrected chi connectivity index (χ3v) is 4.97. The van der Waals surface area contributed by atoms with E-state index in [9.17, 15) is 9.59 Å². The number of benzene rings is 1. The molecule has 0 saturated heterocycles. The minimum absolute atomic E-state index is 0.139. The average molecular weight is 332 g/mol. The summed E-state index contributed by atoms with van der Waals surface area (Å²) in [6.07, 6.45) is 5.50. The van der Waals surface area contributed by atoms with Gasteiger partial charge in [-0.2, -0.15) is 0 Å². The second kappa shape index (κ2) is 6.71. The van der Waals surface area contributed by atoms with Crippen LogP contribution < -0.4 is 20.1 Å². The summed E-state index contributed by atoms with van der Waals surface area (Å²) in [4.78, 5) is 25.2. The zero-order chi connectivity index (χ0) is 17.2. The van der Waals surface area contributed by atoms with Gasteiger partial charge in [-0.25, -0.2) is 0 Å². The molecule has 3 rings (SSSR count). The van der Waals surface area contributed by atoms with E-state index in [4.69, 9.17) is 9.47 Å². The van der Waals surface area contributed by atoms with E-state index in [0.717, 1.165) is 25.7 Å². The summed E-state index contributed by atoms with van der Waals surface area (Å²) in [6.45, 7) is 0. The Morgan fingerprint density at radius 1 is 1.08 bits per heavy atom. The molecule has 2 fully saturated rings. The maximum absolute atomic E-state index is 12.7. The summed E-state index contributed by atoms with van der Waals surface area (Å²) in [6, 6.07) is 5.39. The molecule has 2 amide bonds. The lowest BCUT2D eigenvalue weighted by Crippen LogP contribution is -2.43. The first kappa shape index (κ1) is 16.6. The van der Waals surface area contributed by atoms with E-state index in [1.165, 1.54) is 7.11 Å². The van der Waals surface area contributed by atoms with E-state index in [-0.39, 0.29) is 17.9 Å². The van der Waals surface area contributed by atoms with Crippen LogP contribution in [0.1, 0.15) is 38.5 Å². The number of hydrogen-bond donors (Lipinski definition) is 2. The van der Waals surface area contributed by atoms with Crippen LogP contribution in [0.2, 0.25) is 0 Å². The monoisotopic (exact) mass is 332 g/mol. The first-order valence-corrected chi connectivity index (χ1v) is 8.43. The second-order valence-electron chi connectivity index (χ2n) is 6.56. The predicted molar refractivity (Wildman–Crippen MR) is 90.2 cm³/mol. The highest BCUT2D eigenvalue weighted by atomic mass is 16.5. The molecule has 0 aromatic heterocycles. The van der Waals surface area contributed by atoms with Crippen LogP contribution in [-0.4, -0.2) is 32.1 Å². The summed E-state index contributed by atoms with van der Waals surface area (Å²) in [5, 5.41) is 5.89. The van der Waals surface area contributed by atoms with Gasteiger partial charge in [-0.15, -0.1) is 0 Å². The third kappa shape index (κ3) is 3.18. The van der Waals surface area contributed by atoms with E-state index in [2.05, 4.69) is 10.6 Å². The number of amides is 2. The first-order chi connectivity index (χ1) is 11.6. The lowest BCUT2D eigenvalue weighted by atomic mass is 10.0. The molecule has 0 atom stereocenters. The van der Waals surface area contributed by atoms with E-state index >= 15 is 0 Å². The van der Waals surface area contributed by atoms with Crippen LogP contribution in [0.15, 0.2) is 18.2 Å². The molecule has 1 aromatic rings. The number of carbonyl (C=O) groups excluding carboxylic acids is 2. The first-order valence-electron chi connectivity index (χ1n) is 8.43. The normalized spacial score (nSPS) is 18.8. The molecule has 6 heteroatoms. The lowest BCUT2D eigenvalue weighted by Gasteiger charge is -2.19. The zero-order valence-electron chi connectivity index (χ0n) is 14.2. The summed E-state index contributed by atoms with van der Waals surface area (Å²) in [5.41, 5.74) is -0.378. The SMILES string of the molecule is COc1ccc(NC(=O)C2(C(=O)NC3CCCC3)CC2)c(OC)c1. The van der Waals surface area contributed by atoms with Crippen molar-refractivity contribution in [3.05, 3.63) is 18.2 Å². The summed E-state index contributed by atoms with van der Waals surface area (Å²) >= 11 is 0. The Balaban J connectivity index is 1.69.